The maximum Gasteiger partial charge on any atom is 0.226 e. The summed E-state index contributed by atoms with van der Waals surface area (Å²) in [4.78, 5) is 12.2. The van der Waals surface area contributed by atoms with Crippen molar-refractivity contribution in [3.8, 4) is 0 Å². The second-order valence-electron chi connectivity index (χ2n) is 6.18. The third-order valence-electron chi connectivity index (χ3n) is 4.92. The fourth-order valence-electron chi connectivity index (χ4n) is 4.75. The minimum Gasteiger partial charge on any atom is -0.395 e. The van der Waals surface area contributed by atoms with Crippen LogP contribution in [0.4, 0.5) is 0 Å². The summed E-state index contributed by atoms with van der Waals surface area (Å²) < 4.78 is 0. The number of amides is 1. The Labute approximate surface area is 96.6 Å². The van der Waals surface area contributed by atoms with Gasteiger partial charge in [0.1, 0.15) is 0 Å². The predicted octanol–water partition coefficient (Wildman–Crippen LogP) is 1.31. The largest absolute Gasteiger partial charge is 0.395 e. The number of carbonyl (C=O) groups excluding carboxylic acids is 1. The van der Waals surface area contributed by atoms with E-state index < -0.39 is 0 Å². The molecule has 0 heterocycles. The number of aliphatic hydroxyl groups excluding tert-OH is 1. The van der Waals surface area contributed by atoms with Gasteiger partial charge in [-0.05, 0) is 56.3 Å². The molecule has 3 nitrogen and oxygen atoms in total. The molecule has 4 bridgehead atoms. The highest BCUT2D eigenvalue weighted by molar-refractivity contribution is 5.83. The minimum absolute atomic E-state index is 0.0517. The maximum absolute atomic E-state index is 12.2. The van der Waals surface area contributed by atoms with Gasteiger partial charge in [-0.2, -0.15) is 0 Å². The van der Waals surface area contributed by atoms with Crippen molar-refractivity contribution in [2.24, 2.45) is 23.2 Å². The zero-order chi connectivity index (χ0) is 11.2. The lowest BCUT2D eigenvalue weighted by Crippen LogP contribution is -2.53. The monoisotopic (exact) mass is 223 g/mol. The molecule has 0 saturated heterocycles. The molecule has 1 amide bonds. The zero-order valence-corrected chi connectivity index (χ0v) is 9.74. The van der Waals surface area contributed by atoms with E-state index in [1.54, 1.807) is 0 Å². The van der Waals surface area contributed by atoms with E-state index in [0.717, 1.165) is 37.0 Å². The van der Waals surface area contributed by atoms with E-state index in [1.807, 2.05) is 0 Å². The molecule has 4 saturated carbocycles. The van der Waals surface area contributed by atoms with Crippen molar-refractivity contribution in [1.29, 1.82) is 0 Å². The van der Waals surface area contributed by atoms with Crippen molar-refractivity contribution in [3.63, 3.8) is 0 Å². The highest BCUT2D eigenvalue weighted by Crippen LogP contribution is 2.60. The molecule has 90 valence electrons. The Morgan fingerprint density at radius 3 is 2.06 bits per heavy atom. The minimum atomic E-state index is -0.0517. The van der Waals surface area contributed by atoms with Crippen LogP contribution in [0, 0.1) is 23.2 Å². The van der Waals surface area contributed by atoms with Crippen LogP contribution >= 0.6 is 0 Å². The molecule has 0 aromatic rings. The van der Waals surface area contributed by atoms with Gasteiger partial charge < -0.3 is 10.4 Å². The van der Waals surface area contributed by atoms with Crippen LogP contribution in [0.25, 0.3) is 0 Å². The van der Waals surface area contributed by atoms with Gasteiger partial charge in [0.25, 0.3) is 0 Å². The molecule has 0 aromatic heterocycles. The third-order valence-corrected chi connectivity index (χ3v) is 4.92. The second-order valence-corrected chi connectivity index (χ2v) is 6.18. The smallest absolute Gasteiger partial charge is 0.226 e. The molecule has 0 spiro atoms. The van der Waals surface area contributed by atoms with Crippen molar-refractivity contribution in [1.82, 2.24) is 5.32 Å². The van der Waals surface area contributed by atoms with Gasteiger partial charge in [-0.25, -0.2) is 0 Å². The zero-order valence-electron chi connectivity index (χ0n) is 9.74. The Morgan fingerprint density at radius 2 is 1.62 bits per heavy atom. The van der Waals surface area contributed by atoms with E-state index in [-0.39, 0.29) is 17.9 Å². The van der Waals surface area contributed by atoms with E-state index in [2.05, 4.69) is 5.32 Å². The Kier molecular flexibility index (Phi) is 2.46. The molecule has 2 N–H and O–H groups in total. The molecule has 4 fully saturated rings. The average Bonchev–Trinajstić information content (AvgIpc) is 2.24. The first-order valence-electron chi connectivity index (χ1n) is 6.61. The highest BCUT2D eigenvalue weighted by Gasteiger charge is 2.54. The summed E-state index contributed by atoms with van der Waals surface area (Å²) in [6.07, 6.45) is 7.42. The van der Waals surface area contributed by atoms with Gasteiger partial charge in [0.05, 0.1) is 6.61 Å². The predicted molar refractivity (Wildman–Crippen MR) is 60.7 cm³/mol. The van der Waals surface area contributed by atoms with Crippen molar-refractivity contribution in [2.75, 3.05) is 13.2 Å². The van der Waals surface area contributed by atoms with Crippen LogP contribution in [0.3, 0.4) is 0 Å². The summed E-state index contributed by atoms with van der Waals surface area (Å²) in [5.41, 5.74) is -0.0517. The Bertz CT molecular complexity index is 265. The molecule has 0 radical (unpaired) electrons. The molecule has 0 atom stereocenters. The first-order chi connectivity index (χ1) is 7.72. The van der Waals surface area contributed by atoms with E-state index in [4.69, 9.17) is 5.11 Å². The lowest BCUT2D eigenvalue weighted by Gasteiger charge is -2.55. The molecule has 0 unspecified atom stereocenters. The van der Waals surface area contributed by atoms with Gasteiger partial charge in [-0.3, -0.25) is 4.79 Å². The number of aliphatic hydroxyl groups is 1. The van der Waals surface area contributed by atoms with Crippen LogP contribution in [-0.2, 0) is 4.79 Å². The van der Waals surface area contributed by atoms with E-state index in [9.17, 15) is 4.79 Å². The molecular weight excluding hydrogens is 202 g/mol. The number of carbonyl (C=O) groups is 1. The van der Waals surface area contributed by atoms with Gasteiger partial charge in [-0.1, -0.05) is 0 Å². The van der Waals surface area contributed by atoms with Gasteiger partial charge >= 0.3 is 0 Å². The van der Waals surface area contributed by atoms with E-state index in [1.165, 1.54) is 19.3 Å². The second kappa shape index (κ2) is 3.73. The SMILES string of the molecule is O=C(NCCO)C12CC3CC(CC(C3)C1)C2. The Balaban J connectivity index is 1.75. The van der Waals surface area contributed by atoms with Crippen molar-refractivity contribution in [2.45, 2.75) is 38.5 Å². The normalized spacial score (nSPS) is 44.7. The number of rotatable bonds is 3. The standard InChI is InChI=1S/C13H21NO2/c15-2-1-14-12(16)13-6-9-3-10(7-13)5-11(4-9)8-13/h9-11,15H,1-8H2,(H,14,16). The summed E-state index contributed by atoms with van der Waals surface area (Å²) in [6.45, 7) is 0.471. The molecule has 4 aliphatic carbocycles. The lowest BCUT2D eigenvalue weighted by atomic mass is 9.49. The van der Waals surface area contributed by atoms with Gasteiger partial charge in [0.2, 0.25) is 5.91 Å². The van der Waals surface area contributed by atoms with Crippen LogP contribution < -0.4 is 5.32 Å². The molecule has 4 rings (SSSR count). The number of hydrogen-bond acceptors (Lipinski definition) is 2. The maximum atomic E-state index is 12.2. The molecule has 3 heteroatoms. The fourth-order valence-corrected chi connectivity index (χ4v) is 4.75. The van der Waals surface area contributed by atoms with E-state index >= 15 is 0 Å². The van der Waals surface area contributed by atoms with Crippen molar-refractivity contribution >= 4 is 5.91 Å². The summed E-state index contributed by atoms with van der Waals surface area (Å²) in [7, 11) is 0. The Hall–Kier alpha value is -0.570. The molecule has 0 aromatic carbocycles. The molecular formula is C13H21NO2. The average molecular weight is 223 g/mol. The van der Waals surface area contributed by atoms with Crippen LogP contribution in [0.5, 0.6) is 0 Å². The number of nitrogens with one attached hydrogen (secondary N) is 1. The number of hydrogen-bond donors (Lipinski definition) is 2. The van der Waals surface area contributed by atoms with Crippen LogP contribution in [0.15, 0.2) is 0 Å². The first kappa shape index (κ1) is 10.6. The third kappa shape index (κ3) is 1.56. The van der Waals surface area contributed by atoms with Crippen LogP contribution in [0.1, 0.15) is 38.5 Å². The molecule has 16 heavy (non-hydrogen) atoms. The summed E-state index contributed by atoms with van der Waals surface area (Å²) >= 11 is 0. The molecule has 4 aliphatic rings. The molecule has 0 aliphatic heterocycles. The highest BCUT2D eigenvalue weighted by atomic mass is 16.3. The van der Waals surface area contributed by atoms with Crippen molar-refractivity contribution < 1.29 is 9.90 Å². The fraction of sp³-hybridized carbons (Fsp3) is 0.923. The summed E-state index contributed by atoms with van der Waals surface area (Å²) in [5, 5.41) is 11.7. The van der Waals surface area contributed by atoms with Gasteiger partial charge in [0, 0.05) is 12.0 Å². The summed E-state index contributed by atoms with van der Waals surface area (Å²) in [6, 6.07) is 0. The van der Waals surface area contributed by atoms with Crippen LogP contribution in [0.2, 0.25) is 0 Å². The lowest BCUT2D eigenvalue weighted by molar-refractivity contribution is -0.146. The first-order valence-corrected chi connectivity index (χ1v) is 6.61. The Morgan fingerprint density at radius 1 is 1.12 bits per heavy atom. The van der Waals surface area contributed by atoms with Gasteiger partial charge in [0.15, 0.2) is 0 Å². The summed E-state index contributed by atoms with van der Waals surface area (Å²) in [5.74, 6) is 2.66. The topological polar surface area (TPSA) is 49.3 Å². The van der Waals surface area contributed by atoms with Gasteiger partial charge in [-0.15, -0.1) is 0 Å². The quantitative estimate of drug-likeness (QED) is 0.758. The van der Waals surface area contributed by atoms with Crippen LogP contribution in [-0.4, -0.2) is 24.2 Å². The van der Waals surface area contributed by atoms with Crippen molar-refractivity contribution in [3.05, 3.63) is 0 Å². The van der Waals surface area contributed by atoms with E-state index in [0.29, 0.717) is 6.54 Å².